The molecule has 2 heterocycles. The zero-order valence-corrected chi connectivity index (χ0v) is 26.7. The topological polar surface area (TPSA) is 37.7 Å². The average Bonchev–Trinajstić information content (AvgIpc) is 3.49. The molecule has 1 amide bonds. The number of hydrogen-bond acceptors (Lipinski definition) is 3. The van der Waals surface area contributed by atoms with Gasteiger partial charge in [0.1, 0.15) is 12.4 Å². The Balaban J connectivity index is 1.16. The molecule has 47 heavy (non-hydrogen) atoms. The van der Waals surface area contributed by atoms with Crippen molar-refractivity contribution < 1.29 is 9.53 Å². The van der Waals surface area contributed by atoms with Crippen LogP contribution < -0.4 is 4.74 Å². The van der Waals surface area contributed by atoms with Gasteiger partial charge in [-0.2, -0.15) is 0 Å². The zero-order chi connectivity index (χ0) is 31.8. The summed E-state index contributed by atoms with van der Waals surface area (Å²) in [4.78, 5) is 18.6. The van der Waals surface area contributed by atoms with Crippen molar-refractivity contribution >= 4 is 16.8 Å². The Morgan fingerprint density at radius 3 is 1.96 bits per heavy atom. The first kappa shape index (κ1) is 30.5. The van der Waals surface area contributed by atoms with Crippen LogP contribution in [0.3, 0.4) is 0 Å². The molecule has 0 aliphatic carbocycles. The number of fused-ring (bicyclic) bond motifs is 1. The summed E-state index contributed by atoms with van der Waals surface area (Å²) in [7, 11) is 0. The minimum Gasteiger partial charge on any atom is -0.489 e. The van der Waals surface area contributed by atoms with E-state index in [1.165, 1.54) is 27.6 Å². The van der Waals surface area contributed by atoms with Crippen LogP contribution in [0.2, 0.25) is 0 Å². The quantitative estimate of drug-likeness (QED) is 0.147. The van der Waals surface area contributed by atoms with E-state index in [2.05, 4.69) is 136 Å². The van der Waals surface area contributed by atoms with Crippen LogP contribution in [-0.2, 0) is 24.5 Å². The molecule has 1 aliphatic heterocycles. The van der Waals surface area contributed by atoms with E-state index in [0.29, 0.717) is 13.0 Å². The number of carbonyl (C=O) groups excluding carboxylic acids is 1. The van der Waals surface area contributed by atoms with E-state index in [1.54, 1.807) is 0 Å². The number of ether oxygens (including phenoxy) is 1. The fourth-order valence-corrected chi connectivity index (χ4v) is 6.73. The molecule has 1 saturated heterocycles. The van der Waals surface area contributed by atoms with Gasteiger partial charge in [-0.15, -0.1) is 0 Å². The zero-order valence-electron chi connectivity index (χ0n) is 26.7. The van der Waals surface area contributed by atoms with Gasteiger partial charge in [0.15, 0.2) is 0 Å². The van der Waals surface area contributed by atoms with Gasteiger partial charge in [0.2, 0.25) is 5.91 Å². The standard InChI is InChI=1S/C42H41N3O2/c46-42(44-25-23-43(24-26-44)29-33-13-4-1-5-14-33)28-39(36-19-12-20-37(27-36)47-32-35-17-8-3-9-18-35)40-31-45(30-34-15-6-2-7-16-34)41-22-11-10-21-38(40)41/h1-22,27,31,39H,23-26,28-30,32H2/t39-/m0/s1. The number of rotatable bonds is 11. The van der Waals surface area contributed by atoms with Crippen molar-refractivity contribution in [3.8, 4) is 5.75 Å². The van der Waals surface area contributed by atoms with Gasteiger partial charge in [-0.05, 0) is 46.0 Å². The monoisotopic (exact) mass is 619 g/mol. The second-order valence-electron chi connectivity index (χ2n) is 12.5. The third-order valence-electron chi connectivity index (χ3n) is 9.25. The number of benzene rings is 5. The van der Waals surface area contributed by atoms with E-state index in [1.807, 2.05) is 24.3 Å². The van der Waals surface area contributed by atoms with E-state index in [4.69, 9.17) is 4.74 Å². The SMILES string of the molecule is O=C(C[C@@H](c1cccc(OCc2ccccc2)c1)c1cn(Cc2ccccc2)c2ccccc12)N1CCN(Cc2ccccc2)CC1. The maximum Gasteiger partial charge on any atom is 0.223 e. The molecule has 6 aromatic rings. The van der Waals surface area contributed by atoms with Crippen molar-refractivity contribution in [1.82, 2.24) is 14.4 Å². The van der Waals surface area contributed by atoms with Crippen LogP contribution in [0.4, 0.5) is 0 Å². The smallest absolute Gasteiger partial charge is 0.223 e. The number of nitrogens with zero attached hydrogens (tertiary/aromatic N) is 3. The van der Waals surface area contributed by atoms with Gasteiger partial charge in [0.25, 0.3) is 0 Å². The van der Waals surface area contributed by atoms with Crippen molar-refractivity contribution in [2.24, 2.45) is 0 Å². The van der Waals surface area contributed by atoms with Crippen LogP contribution in [0.5, 0.6) is 5.75 Å². The molecular formula is C42H41N3O2. The highest BCUT2D eigenvalue weighted by molar-refractivity contribution is 5.87. The van der Waals surface area contributed by atoms with E-state index < -0.39 is 0 Å². The summed E-state index contributed by atoms with van der Waals surface area (Å²) in [6, 6.07) is 48.3. The molecule has 1 atom stereocenters. The second kappa shape index (κ2) is 14.5. The largest absolute Gasteiger partial charge is 0.489 e. The van der Waals surface area contributed by atoms with Crippen molar-refractivity contribution in [1.29, 1.82) is 0 Å². The Morgan fingerprint density at radius 1 is 0.638 bits per heavy atom. The molecule has 1 aliphatic rings. The highest BCUT2D eigenvalue weighted by atomic mass is 16.5. The fourth-order valence-electron chi connectivity index (χ4n) is 6.73. The molecule has 0 bridgehead atoms. The van der Waals surface area contributed by atoms with Crippen molar-refractivity contribution in [2.75, 3.05) is 26.2 Å². The summed E-state index contributed by atoms with van der Waals surface area (Å²) in [5, 5.41) is 1.18. The highest BCUT2D eigenvalue weighted by Gasteiger charge is 2.28. The summed E-state index contributed by atoms with van der Waals surface area (Å²) >= 11 is 0. The van der Waals surface area contributed by atoms with Crippen LogP contribution in [0.25, 0.3) is 10.9 Å². The minimum atomic E-state index is -0.118. The number of piperazine rings is 1. The van der Waals surface area contributed by atoms with Gasteiger partial charge in [-0.1, -0.05) is 121 Å². The van der Waals surface area contributed by atoms with E-state index in [9.17, 15) is 4.79 Å². The predicted molar refractivity (Wildman–Crippen MR) is 189 cm³/mol. The van der Waals surface area contributed by atoms with Gasteiger partial charge >= 0.3 is 0 Å². The summed E-state index contributed by atoms with van der Waals surface area (Å²) in [6.07, 6.45) is 2.67. The molecule has 1 fully saturated rings. The molecule has 0 N–H and O–H groups in total. The Hall–Kier alpha value is -5.13. The first-order valence-electron chi connectivity index (χ1n) is 16.6. The van der Waals surface area contributed by atoms with E-state index >= 15 is 0 Å². The van der Waals surface area contributed by atoms with Crippen LogP contribution in [-0.4, -0.2) is 46.5 Å². The molecule has 0 unspecified atom stereocenters. The molecule has 5 nitrogen and oxygen atoms in total. The molecule has 1 aromatic heterocycles. The lowest BCUT2D eigenvalue weighted by Crippen LogP contribution is -2.48. The minimum absolute atomic E-state index is 0.118. The summed E-state index contributed by atoms with van der Waals surface area (Å²) in [5.74, 6) is 0.892. The lowest BCUT2D eigenvalue weighted by Gasteiger charge is -2.35. The summed E-state index contributed by atoms with van der Waals surface area (Å²) in [6.45, 7) is 5.43. The third-order valence-corrected chi connectivity index (χ3v) is 9.25. The normalized spacial score (nSPS) is 14.3. The highest BCUT2D eigenvalue weighted by Crippen LogP contribution is 2.37. The second-order valence-corrected chi connectivity index (χ2v) is 12.5. The number of amides is 1. The van der Waals surface area contributed by atoms with Crippen molar-refractivity contribution in [3.05, 3.63) is 174 Å². The molecule has 7 rings (SSSR count). The maximum absolute atomic E-state index is 14.1. The lowest BCUT2D eigenvalue weighted by molar-refractivity contribution is -0.133. The van der Waals surface area contributed by atoms with E-state index in [-0.39, 0.29) is 11.8 Å². The van der Waals surface area contributed by atoms with Crippen LogP contribution in [0.15, 0.2) is 146 Å². The molecule has 0 saturated carbocycles. The number of para-hydroxylation sites is 1. The van der Waals surface area contributed by atoms with Gasteiger partial charge in [-0.3, -0.25) is 9.69 Å². The third kappa shape index (κ3) is 7.48. The van der Waals surface area contributed by atoms with Gasteiger partial charge in [0, 0.05) is 68.7 Å². The summed E-state index contributed by atoms with van der Waals surface area (Å²) in [5.41, 5.74) is 7.13. The Labute approximate surface area is 277 Å². The number of hydrogen-bond donors (Lipinski definition) is 0. The van der Waals surface area contributed by atoms with Crippen LogP contribution in [0.1, 0.15) is 40.2 Å². The first-order valence-corrected chi connectivity index (χ1v) is 16.6. The number of aromatic nitrogens is 1. The molecule has 236 valence electrons. The number of carbonyl (C=O) groups is 1. The first-order chi connectivity index (χ1) is 23.2. The molecule has 0 spiro atoms. The Morgan fingerprint density at radius 2 is 1.26 bits per heavy atom. The van der Waals surface area contributed by atoms with Crippen LogP contribution >= 0.6 is 0 Å². The molecular weight excluding hydrogens is 578 g/mol. The Kier molecular flexibility index (Phi) is 9.43. The summed E-state index contributed by atoms with van der Waals surface area (Å²) < 4.78 is 8.60. The van der Waals surface area contributed by atoms with Crippen molar-refractivity contribution in [2.45, 2.75) is 32.0 Å². The fraction of sp³-hybridized carbons (Fsp3) is 0.214. The van der Waals surface area contributed by atoms with E-state index in [0.717, 1.165) is 56.1 Å². The lowest BCUT2D eigenvalue weighted by atomic mass is 9.87. The van der Waals surface area contributed by atoms with Crippen LogP contribution in [0, 0.1) is 0 Å². The van der Waals surface area contributed by atoms with Gasteiger partial charge < -0.3 is 14.2 Å². The average molecular weight is 620 g/mol. The molecule has 0 radical (unpaired) electrons. The Bertz CT molecular complexity index is 1890. The molecule has 5 heteroatoms. The molecule has 5 aromatic carbocycles. The predicted octanol–water partition coefficient (Wildman–Crippen LogP) is 8.14. The van der Waals surface area contributed by atoms with Crippen molar-refractivity contribution in [3.63, 3.8) is 0 Å². The van der Waals surface area contributed by atoms with Gasteiger partial charge in [0.05, 0.1) is 0 Å². The maximum atomic E-state index is 14.1. The van der Waals surface area contributed by atoms with Gasteiger partial charge in [-0.25, -0.2) is 0 Å².